The molecule has 174 valence electrons. The highest BCUT2D eigenvalue weighted by molar-refractivity contribution is 5.91. The number of nitrogens with zero attached hydrogens (tertiary/aromatic N) is 4. The van der Waals surface area contributed by atoms with E-state index in [0.717, 1.165) is 48.3 Å². The molecule has 0 bridgehead atoms. The van der Waals surface area contributed by atoms with Crippen molar-refractivity contribution in [3.63, 3.8) is 0 Å². The van der Waals surface area contributed by atoms with Gasteiger partial charge >= 0.3 is 11.9 Å². The molecule has 0 spiro atoms. The maximum absolute atomic E-state index is 12.4. The Bertz CT molecular complexity index is 973. The summed E-state index contributed by atoms with van der Waals surface area (Å²) in [5.41, 5.74) is 2.68. The van der Waals surface area contributed by atoms with E-state index in [0.29, 0.717) is 13.0 Å². The number of aromatic nitrogens is 3. The number of nitrogens with one attached hydrogen (secondary N) is 1. The van der Waals surface area contributed by atoms with Gasteiger partial charge in [-0.1, -0.05) is 0 Å². The minimum atomic E-state index is -0.820. The highest BCUT2D eigenvalue weighted by Gasteiger charge is 2.39. The predicted octanol–water partition coefficient (Wildman–Crippen LogP) is 1.44. The van der Waals surface area contributed by atoms with Crippen LogP contribution in [0.25, 0.3) is 11.0 Å². The Morgan fingerprint density at radius 3 is 2.78 bits per heavy atom. The summed E-state index contributed by atoms with van der Waals surface area (Å²) in [7, 11) is 3.01. The molecule has 0 amide bonds. The van der Waals surface area contributed by atoms with Crippen molar-refractivity contribution < 1.29 is 28.6 Å². The quantitative estimate of drug-likeness (QED) is 0.625. The fourth-order valence-corrected chi connectivity index (χ4v) is 4.15. The molecule has 2 aliphatic rings. The number of hydrogen-bond donors (Lipinski definition) is 1. The number of hydrogen-bond acceptors (Lipinski definition) is 10. The van der Waals surface area contributed by atoms with Crippen LogP contribution < -0.4 is 5.32 Å². The maximum Gasteiger partial charge on any atom is 0.344 e. The second kappa shape index (κ2) is 9.80. The van der Waals surface area contributed by atoms with Crippen molar-refractivity contribution >= 4 is 28.7 Å². The van der Waals surface area contributed by atoms with Crippen LogP contribution in [0.2, 0.25) is 0 Å². The van der Waals surface area contributed by atoms with E-state index in [-0.39, 0.29) is 12.1 Å². The zero-order valence-corrected chi connectivity index (χ0v) is 18.6. The number of rotatable bonds is 7. The van der Waals surface area contributed by atoms with Gasteiger partial charge in [-0.2, -0.15) is 10.2 Å². The lowest BCUT2D eigenvalue weighted by molar-refractivity contribution is -0.184. The number of carbonyl (C=O) groups excluding carboxylic acids is 2. The molecule has 32 heavy (non-hydrogen) atoms. The molecule has 1 N–H and O–H groups in total. The largest absolute Gasteiger partial charge is 0.466 e. The molecule has 0 radical (unpaired) electrons. The molecule has 0 saturated carbocycles. The van der Waals surface area contributed by atoms with Gasteiger partial charge in [0.15, 0.2) is 18.4 Å². The van der Waals surface area contributed by atoms with E-state index in [4.69, 9.17) is 14.3 Å². The summed E-state index contributed by atoms with van der Waals surface area (Å²) in [6.45, 7) is 3.74. The fraction of sp³-hybridized carbons (Fsp3) is 0.619. The molecule has 2 fully saturated rings. The predicted molar refractivity (Wildman–Crippen MR) is 114 cm³/mol. The number of ether oxygens (including phenoxy) is 3. The van der Waals surface area contributed by atoms with Gasteiger partial charge in [0.05, 0.1) is 30.4 Å². The maximum atomic E-state index is 12.4. The molecule has 2 aromatic rings. The summed E-state index contributed by atoms with van der Waals surface area (Å²) in [6, 6.07) is 0.0430. The van der Waals surface area contributed by atoms with Crippen LogP contribution in [0, 0.1) is 0 Å². The number of aryl methyl sites for hydroxylation is 1. The standard InChI is InChI=1S/C21H29N5O6/c1-4-26-20-15(11-23-26)19(24-13-5-7-30-8-6-13)14(10-22-20)16-9-17(32-25(16)2)21(28)31-12-18(27)29-3/h10-11,13,16-17H,4-9,12H2,1-3H3,(H,22,24). The molecule has 0 aliphatic carbocycles. The molecule has 2 atom stereocenters. The number of esters is 2. The lowest BCUT2D eigenvalue weighted by Crippen LogP contribution is -2.29. The summed E-state index contributed by atoms with van der Waals surface area (Å²) >= 11 is 0. The summed E-state index contributed by atoms with van der Waals surface area (Å²) in [6.07, 6.45) is 5.02. The number of methoxy groups -OCH3 is 1. The van der Waals surface area contributed by atoms with Crippen LogP contribution in [0.5, 0.6) is 0 Å². The third-order valence-corrected chi connectivity index (χ3v) is 5.92. The number of carbonyl (C=O) groups is 2. The second-order valence-corrected chi connectivity index (χ2v) is 7.89. The van der Waals surface area contributed by atoms with E-state index in [2.05, 4.69) is 20.1 Å². The number of hydroxylamine groups is 2. The van der Waals surface area contributed by atoms with Crippen LogP contribution in [0.15, 0.2) is 12.4 Å². The van der Waals surface area contributed by atoms with Crippen molar-refractivity contribution in [2.75, 3.05) is 39.3 Å². The molecule has 11 nitrogen and oxygen atoms in total. The Kier molecular flexibility index (Phi) is 6.87. The Morgan fingerprint density at radius 1 is 1.28 bits per heavy atom. The molecule has 2 saturated heterocycles. The Balaban J connectivity index is 1.60. The zero-order valence-electron chi connectivity index (χ0n) is 18.6. The van der Waals surface area contributed by atoms with E-state index >= 15 is 0 Å². The topological polar surface area (TPSA) is 117 Å². The van der Waals surface area contributed by atoms with Crippen LogP contribution in [-0.4, -0.2) is 77.9 Å². The van der Waals surface area contributed by atoms with Crippen molar-refractivity contribution in [2.24, 2.45) is 0 Å². The van der Waals surface area contributed by atoms with Crippen molar-refractivity contribution in [1.29, 1.82) is 0 Å². The molecule has 0 aromatic carbocycles. The first-order chi connectivity index (χ1) is 15.5. The van der Waals surface area contributed by atoms with Gasteiger partial charge in [0.25, 0.3) is 0 Å². The smallest absolute Gasteiger partial charge is 0.344 e. The third kappa shape index (κ3) is 4.54. The Morgan fingerprint density at radius 2 is 2.06 bits per heavy atom. The average Bonchev–Trinajstić information content (AvgIpc) is 3.41. The Labute approximate surface area is 185 Å². The molecular weight excluding hydrogens is 418 g/mol. The normalized spacial score (nSPS) is 22.2. The molecule has 2 aromatic heterocycles. The zero-order chi connectivity index (χ0) is 22.7. The first-order valence-corrected chi connectivity index (χ1v) is 10.8. The van der Waals surface area contributed by atoms with Crippen molar-refractivity contribution in [3.05, 3.63) is 18.0 Å². The molecule has 4 heterocycles. The van der Waals surface area contributed by atoms with Crippen molar-refractivity contribution in [3.8, 4) is 0 Å². The van der Waals surface area contributed by atoms with Crippen LogP contribution in [0.3, 0.4) is 0 Å². The van der Waals surface area contributed by atoms with Crippen LogP contribution in [0.1, 0.15) is 37.8 Å². The van der Waals surface area contributed by atoms with E-state index in [1.54, 1.807) is 12.1 Å². The van der Waals surface area contributed by atoms with Gasteiger partial charge < -0.3 is 19.5 Å². The first kappa shape index (κ1) is 22.4. The van der Waals surface area contributed by atoms with E-state index in [9.17, 15) is 9.59 Å². The monoisotopic (exact) mass is 447 g/mol. The van der Waals surface area contributed by atoms with Gasteiger partial charge in [0, 0.05) is 51.0 Å². The highest BCUT2D eigenvalue weighted by Crippen LogP contribution is 2.40. The summed E-state index contributed by atoms with van der Waals surface area (Å²) < 4.78 is 16.9. The van der Waals surface area contributed by atoms with E-state index < -0.39 is 24.6 Å². The molecule has 2 aliphatic heterocycles. The van der Waals surface area contributed by atoms with E-state index in [1.807, 2.05) is 24.0 Å². The number of pyridine rings is 1. The van der Waals surface area contributed by atoms with Gasteiger partial charge in [0.1, 0.15) is 0 Å². The molecule has 11 heteroatoms. The third-order valence-electron chi connectivity index (χ3n) is 5.92. The number of fused-ring (bicyclic) bond motifs is 1. The van der Waals surface area contributed by atoms with Gasteiger partial charge in [-0.3, -0.25) is 4.84 Å². The first-order valence-electron chi connectivity index (χ1n) is 10.8. The lowest BCUT2D eigenvalue weighted by Gasteiger charge is -2.27. The van der Waals surface area contributed by atoms with E-state index in [1.165, 1.54) is 7.11 Å². The van der Waals surface area contributed by atoms with Crippen LogP contribution >= 0.6 is 0 Å². The van der Waals surface area contributed by atoms with Gasteiger partial charge in [-0.05, 0) is 19.8 Å². The van der Waals surface area contributed by atoms with Crippen LogP contribution in [-0.2, 0) is 35.2 Å². The van der Waals surface area contributed by atoms with Crippen molar-refractivity contribution in [1.82, 2.24) is 19.8 Å². The lowest BCUT2D eigenvalue weighted by atomic mass is 9.99. The molecule has 4 rings (SSSR count). The summed E-state index contributed by atoms with van der Waals surface area (Å²) in [4.78, 5) is 34.1. The minimum Gasteiger partial charge on any atom is -0.466 e. The highest BCUT2D eigenvalue weighted by atomic mass is 16.7. The van der Waals surface area contributed by atoms with Gasteiger partial charge in [-0.25, -0.2) is 19.3 Å². The van der Waals surface area contributed by atoms with Gasteiger partial charge in [0.2, 0.25) is 0 Å². The summed E-state index contributed by atoms with van der Waals surface area (Å²) in [5.74, 6) is -1.22. The molecule has 2 unspecified atom stereocenters. The van der Waals surface area contributed by atoms with Gasteiger partial charge in [-0.15, -0.1) is 0 Å². The minimum absolute atomic E-state index is 0.227. The summed E-state index contributed by atoms with van der Waals surface area (Å²) in [5, 5.41) is 10.7. The average molecular weight is 447 g/mol. The Hall–Kier alpha value is -2.76. The van der Waals surface area contributed by atoms with Crippen molar-refractivity contribution in [2.45, 2.75) is 50.9 Å². The fourth-order valence-electron chi connectivity index (χ4n) is 4.15. The SMILES string of the molecule is CCn1ncc2c(NC3CCOCC3)c(C3CC(C(=O)OCC(=O)OC)ON3C)cnc21. The second-order valence-electron chi connectivity index (χ2n) is 7.89. The molecular formula is C21H29N5O6. The van der Waals surface area contributed by atoms with Crippen LogP contribution in [0.4, 0.5) is 5.69 Å². The number of anilines is 1.